The number of fused-ring (bicyclic) bond motifs is 1. The molecule has 0 aliphatic rings. The molecule has 9 heteroatoms. The average molecular weight is 427 g/mol. The summed E-state index contributed by atoms with van der Waals surface area (Å²) in [5.41, 5.74) is 1.44. The fourth-order valence-corrected chi connectivity index (χ4v) is 4.79. The van der Waals surface area contributed by atoms with Crippen molar-refractivity contribution in [2.75, 3.05) is 10.0 Å². The molecular formula is C20H14FN3O3S2. The van der Waals surface area contributed by atoms with E-state index in [2.05, 4.69) is 15.0 Å². The topological polar surface area (TPSA) is 88.2 Å². The lowest BCUT2D eigenvalue weighted by molar-refractivity contribution is 0.102. The number of sulfonamides is 1. The molecule has 1 amide bonds. The van der Waals surface area contributed by atoms with Gasteiger partial charge in [-0.3, -0.25) is 9.52 Å². The first-order valence-electron chi connectivity index (χ1n) is 8.46. The highest BCUT2D eigenvalue weighted by atomic mass is 32.2. The van der Waals surface area contributed by atoms with Crippen LogP contribution in [0.15, 0.2) is 77.7 Å². The number of nitrogens with one attached hydrogen (secondary N) is 2. The Hall–Kier alpha value is -3.30. The Kier molecular flexibility index (Phi) is 4.99. The van der Waals surface area contributed by atoms with Crippen LogP contribution in [-0.4, -0.2) is 19.3 Å². The summed E-state index contributed by atoms with van der Waals surface area (Å²) in [4.78, 5) is 16.7. The van der Waals surface area contributed by atoms with Gasteiger partial charge in [-0.15, -0.1) is 0 Å². The number of rotatable bonds is 5. The maximum absolute atomic E-state index is 13.0. The van der Waals surface area contributed by atoms with Crippen molar-refractivity contribution in [1.29, 1.82) is 0 Å². The summed E-state index contributed by atoms with van der Waals surface area (Å²) >= 11 is 1.16. The van der Waals surface area contributed by atoms with Gasteiger partial charge in [-0.2, -0.15) is 0 Å². The fraction of sp³-hybridized carbons (Fsp3) is 0. The lowest BCUT2D eigenvalue weighted by Crippen LogP contribution is -2.12. The predicted molar refractivity (Wildman–Crippen MR) is 111 cm³/mol. The van der Waals surface area contributed by atoms with E-state index in [1.165, 1.54) is 36.4 Å². The Balaban J connectivity index is 1.55. The largest absolute Gasteiger partial charge is 0.322 e. The molecule has 0 radical (unpaired) electrons. The number of hydrogen-bond acceptors (Lipinski definition) is 5. The van der Waals surface area contributed by atoms with Crippen molar-refractivity contribution in [2.45, 2.75) is 4.90 Å². The van der Waals surface area contributed by atoms with Crippen LogP contribution in [0.2, 0.25) is 0 Å². The molecule has 6 nitrogen and oxygen atoms in total. The normalized spacial score (nSPS) is 11.3. The van der Waals surface area contributed by atoms with Crippen LogP contribution in [0.5, 0.6) is 0 Å². The number of anilines is 2. The van der Waals surface area contributed by atoms with E-state index in [0.717, 1.165) is 11.3 Å². The number of nitrogens with zero attached hydrogens (tertiary/aromatic N) is 1. The second-order valence-electron chi connectivity index (χ2n) is 6.08. The fourth-order valence-electron chi connectivity index (χ4n) is 2.62. The van der Waals surface area contributed by atoms with E-state index in [9.17, 15) is 17.6 Å². The minimum atomic E-state index is -3.73. The molecule has 3 aromatic carbocycles. The van der Waals surface area contributed by atoms with Crippen molar-refractivity contribution >= 4 is 48.3 Å². The van der Waals surface area contributed by atoms with Crippen LogP contribution in [0.25, 0.3) is 10.2 Å². The molecule has 146 valence electrons. The van der Waals surface area contributed by atoms with E-state index in [1.807, 2.05) is 0 Å². The highest BCUT2D eigenvalue weighted by Crippen LogP contribution is 2.30. The number of halogens is 1. The molecule has 1 aromatic heterocycles. The summed E-state index contributed by atoms with van der Waals surface area (Å²) < 4.78 is 41.1. The van der Waals surface area contributed by atoms with Crippen molar-refractivity contribution in [3.05, 3.63) is 84.2 Å². The van der Waals surface area contributed by atoms with Gasteiger partial charge in [0.05, 0.1) is 15.1 Å². The van der Waals surface area contributed by atoms with Crippen LogP contribution in [0.4, 0.5) is 15.2 Å². The van der Waals surface area contributed by atoms with Crippen LogP contribution in [0.3, 0.4) is 0 Å². The highest BCUT2D eigenvalue weighted by Gasteiger charge is 2.16. The molecule has 0 fully saturated rings. The first kappa shape index (κ1) is 19.0. The van der Waals surface area contributed by atoms with E-state index in [0.29, 0.717) is 21.5 Å². The van der Waals surface area contributed by atoms with E-state index < -0.39 is 15.8 Å². The maximum atomic E-state index is 13.0. The van der Waals surface area contributed by atoms with E-state index in [4.69, 9.17) is 0 Å². The summed E-state index contributed by atoms with van der Waals surface area (Å²) in [5, 5.41) is 2.96. The van der Waals surface area contributed by atoms with E-state index in [-0.39, 0.29) is 15.9 Å². The minimum Gasteiger partial charge on any atom is -0.322 e. The summed E-state index contributed by atoms with van der Waals surface area (Å²) in [6.45, 7) is 0. The Morgan fingerprint density at radius 3 is 2.41 bits per heavy atom. The van der Waals surface area contributed by atoms with Gasteiger partial charge in [0.25, 0.3) is 15.9 Å². The second-order valence-corrected chi connectivity index (χ2v) is 8.79. The highest BCUT2D eigenvalue weighted by molar-refractivity contribution is 7.93. The third-order valence-electron chi connectivity index (χ3n) is 4.03. The molecule has 0 aliphatic heterocycles. The number of thiazole rings is 1. The molecule has 0 atom stereocenters. The summed E-state index contributed by atoms with van der Waals surface area (Å²) in [5.74, 6) is -0.794. The van der Waals surface area contributed by atoms with Crippen LogP contribution >= 0.6 is 11.3 Å². The average Bonchev–Trinajstić information content (AvgIpc) is 3.10. The number of benzene rings is 3. The lowest BCUT2D eigenvalue weighted by atomic mass is 10.2. The van der Waals surface area contributed by atoms with Crippen molar-refractivity contribution in [2.24, 2.45) is 0 Å². The smallest absolute Gasteiger partial charge is 0.263 e. The van der Waals surface area contributed by atoms with Crippen LogP contribution in [0.1, 0.15) is 10.4 Å². The molecule has 0 aliphatic carbocycles. The Morgan fingerprint density at radius 1 is 0.966 bits per heavy atom. The maximum Gasteiger partial charge on any atom is 0.263 e. The number of aromatic nitrogens is 1. The van der Waals surface area contributed by atoms with Gasteiger partial charge in [-0.1, -0.05) is 29.5 Å². The molecule has 0 saturated heterocycles. The van der Waals surface area contributed by atoms with Gasteiger partial charge in [-0.05, 0) is 54.6 Å². The summed E-state index contributed by atoms with van der Waals surface area (Å²) in [6, 6.07) is 18.3. The monoisotopic (exact) mass is 427 g/mol. The summed E-state index contributed by atoms with van der Waals surface area (Å²) in [6.07, 6.45) is 0. The molecule has 2 N–H and O–H groups in total. The molecule has 4 rings (SSSR count). The van der Waals surface area contributed by atoms with Crippen LogP contribution < -0.4 is 10.0 Å². The number of hydrogen-bond donors (Lipinski definition) is 2. The van der Waals surface area contributed by atoms with Gasteiger partial charge >= 0.3 is 0 Å². The Bertz CT molecular complexity index is 1290. The third kappa shape index (κ3) is 4.25. The van der Waals surface area contributed by atoms with Gasteiger partial charge in [0, 0.05) is 11.3 Å². The first-order valence-corrected chi connectivity index (χ1v) is 10.8. The van der Waals surface area contributed by atoms with Crippen LogP contribution in [0, 0.1) is 5.82 Å². The third-order valence-corrected chi connectivity index (χ3v) is 6.45. The van der Waals surface area contributed by atoms with Gasteiger partial charge < -0.3 is 5.32 Å². The van der Waals surface area contributed by atoms with Gasteiger partial charge in [0.2, 0.25) is 0 Å². The Morgan fingerprint density at radius 2 is 1.69 bits per heavy atom. The second kappa shape index (κ2) is 7.61. The Labute approximate surface area is 170 Å². The standard InChI is InChI=1S/C20H14FN3O3S2/c21-14-8-6-13(7-9-14)19(25)22-15-10-11-17-18(12-15)28-20(23-17)24-29(26,27)16-4-2-1-3-5-16/h1-12H,(H,22,25)(H,23,24). The van der Waals surface area contributed by atoms with Crippen molar-refractivity contribution in [3.8, 4) is 0 Å². The molecular weight excluding hydrogens is 413 g/mol. The van der Waals surface area contributed by atoms with E-state index in [1.54, 1.807) is 36.4 Å². The lowest BCUT2D eigenvalue weighted by Gasteiger charge is -2.05. The van der Waals surface area contributed by atoms with Crippen molar-refractivity contribution in [3.63, 3.8) is 0 Å². The molecule has 0 unspecified atom stereocenters. The number of carbonyl (C=O) groups excluding carboxylic acids is 1. The molecule has 1 heterocycles. The molecule has 29 heavy (non-hydrogen) atoms. The van der Waals surface area contributed by atoms with Crippen molar-refractivity contribution in [1.82, 2.24) is 4.98 Å². The van der Waals surface area contributed by atoms with Crippen LogP contribution in [-0.2, 0) is 10.0 Å². The SMILES string of the molecule is O=C(Nc1ccc2nc(NS(=O)(=O)c3ccccc3)sc2c1)c1ccc(F)cc1. The predicted octanol–water partition coefficient (Wildman–Crippen LogP) is 4.49. The summed E-state index contributed by atoms with van der Waals surface area (Å²) in [7, 11) is -3.73. The zero-order chi connectivity index (χ0) is 20.4. The zero-order valence-electron chi connectivity index (χ0n) is 14.8. The molecule has 0 bridgehead atoms. The first-order chi connectivity index (χ1) is 13.9. The number of carbonyl (C=O) groups is 1. The molecule has 4 aromatic rings. The molecule has 0 spiro atoms. The molecule has 0 saturated carbocycles. The van der Waals surface area contributed by atoms with E-state index >= 15 is 0 Å². The quantitative estimate of drug-likeness (QED) is 0.491. The van der Waals surface area contributed by atoms with Crippen molar-refractivity contribution < 1.29 is 17.6 Å². The zero-order valence-corrected chi connectivity index (χ0v) is 16.4. The van der Waals surface area contributed by atoms with Gasteiger partial charge in [0.15, 0.2) is 5.13 Å². The van der Waals surface area contributed by atoms with Gasteiger partial charge in [-0.25, -0.2) is 17.8 Å². The number of amides is 1. The minimum absolute atomic E-state index is 0.145. The van der Waals surface area contributed by atoms with Gasteiger partial charge in [0.1, 0.15) is 5.82 Å².